The Morgan fingerprint density at radius 1 is 1.06 bits per heavy atom. The van der Waals surface area contributed by atoms with Gasteiger partial charge in [-0.05, 0) is 40.2 Å². The van der Waals surface area contributed by atoms with Crippen LogP contribution in [0.15, 0.2) is 59.8 Å². The largest absolute Gasteiger partial charge is 0.361 e. The maximum atomic E-state index is 8.58. The van der Waals surface area contributed by atoms with Crippen molar-refractivity contribution < 1.29 is 0 Å². The highest BCUT2D eigenvalue weighted by molar-refractivity contribution is 5.87. The third kappa shape index (κ3) is 1.71. The highest BCUT2D eigenvalue weighted by Crippen LogP contribution is 2.31. The lowest BCUT2D eigenvalue weighted by atomic mass is 10.0. The summed E-state index contributed by atoms with van der Waals surface area (Å²) < 4.78 is 0. The van der Waals surface area contributed by atoms with E-state index < -0.39 is 0 Å². The Bertz CT molecular complexity index is 751. The summed E-state index contributed by atoms with van der Waals surface area (Å²) in [5.41, 5.74) is 12.3. The summed E-state index contributed by atoms with van der Waals surface area (Å²) in [6.45, 7) is 0. The predicted molar refractivity (Wildman–Crippen MR) is 72.5 cm³/mol. The lowest BCUT2D eigenvalue weighted by Gasteiger charge is -2.05. The average Bonchev–Trinajstić information content (AvgIpc) is 2.87. The molecule has 1 aromatic heterocycles. The molecule has 0 fully saturated rings. The number of hydrogen-bond donors (Lipinski definition) is 1. The van der Waals surface area contributed by atoms with E-state index in [-0.39, 0.29) is 0 Å². The Hall–Kier alpha value is -2.71. The van der Waals surface area contributed by atoms with E-state index in [9.17, 15) is 0 Å². The molecule has 2 aromatic carbocycles. The molecule has 0 aliphatic carbocycles. The molecule has 0 bridgehead atoms. The van der Waals surface area contributed by atoms with Crippen molar-refractivity contribution in [1.82, 2.24) is 4.98 Å². The van der Waals surface area contributed by atoms with Crippen LogP contribution in [0, 0.1) is 0 Å². The van der Waals surface area contributed by atoms with E-state index >= 15 is 0 Å². The van der Waals surface area contributed by atoms with E-state index in [2.05, 4.69) is 21.1 Å². The van der Waals surface area contributed by atoms with Gasteiger partial charge >= 0.3 is 0 Å². The van der Waals surface area contributed by atoms with E-state index in [4.69, 9.17) is 5.53 Å². The van der Waals surface area contributed by atoms with Crippen LogP contribution in [0.2, 0.25) is 0 Å². The molecule has 0 aliphatic heterocycles. The second-order valence-electron chi connectivity index (χ2n) is 3.99. The molecule has 0 saturated carbocycles. The fourth-order valence-corrected chi connectivity index (χ4v) is 2.07. The normalized spacial score (nSPS) is 10.2. The van der Waals surface area contributed by atoms with Gasteiger partial charge in [0.05, 0.1) is 0 Å². The maximum absolute atomic E-state index is 8.58. The molecular formula is C14H10N4. The maximum Gasteiger partial charge on any atom is 0.0454 e. The Morgan fingerprint density at radius 3 is 2.83 bits per heavy atom. The summed E-state index contributed by atoms with van der Waals surface area (Å²) in [5.74, 6) is 0. The summed E-state index contributed by atoms with van der Waals surface area (Å²) in [6.07, 6.45) is 1.91. The van der Waals surface area contributed by atoms with Crippen molar-refractivity contribution in [3.8, 4) is 11.1 Å². The summed E-state index contributed by atoms with van der Waals surface area (Å²) in [7, 11) is 0. The predicted octanol–water partition coefficient (Wildman–Crippen LogP) is 4.78. The lowest BCUT2D eigenvalue weighted by molar-refractivity contribution is 1.46. The number of nitrogens with one attached hydrogen (secondary N) is 1. The number of aromatic nitrogens is 1. The van der Waals surface area contributed by atoms with Crippen LogP contribution in [0.4, 0.5) is 5.69 Å². The number of H-pyrrole nitrogens is 1. The number of rotatable bonds is 2. The monoisotopic (exact) mass is 234 g/mol. The molecule has 0 aliphatic rings. The smallest absolute Gasteiger partial charge is 0.0454 e. The van der Waals surface area contributed by atoms with E-state index in [1.807, 2.05) is 48.7 Å². The molecule has 0 spiro atoms. The molecule has 4 nitrogen and oxygen atoms in total. The van der Waals surface area contributed by atoms with Crippen LogP contribution in [0.1, 0.15) is 0 Å². The summed E-state index contributed by atoms with van der Waals surface area (Å²) in [6, 6.07) is 15.7. The SMILES string of the molecule is [N-]=[N+]=Nc1ccccc1-c1ccc2[nH]ccc2c1. The first-order valence-electron chi connectivity index (χ1n) is 5.60. The minimum Gasteiger partial charge on any atom is -0.361 e. The minimum atomic E-state index is 0.648. The second kappa shape index (κ2) is 4.28. The molecular weight excluding hydrogens is 224 g/mol. The molecule has 0 amide bonds. The van der Waals surface area contributed by atoms with Crippen molar-refractivity contribution in [3.05, 3.63) is 65.2 Å². The van der Waals surface area contributed by atoms with Gasteiger partial charge in [0.1, 0.15) is 0 Å². The zero-order valence-electron chi connectivity index (χ0n) is 9.54. The Morgan fingerprint density at radius 2 is 1.94 bits per heavy atom. The third-order valence-corrected chi connectivity index (χ3v) is 2.92. The van der Waals surface area contributed by atoms with Gasteiger partial charge in [-0.25, -0.2) is 0 Å². The molecule has 4 heteroatoms. The number of nitrogens with zero attached hydrogens (tertiary/aromatic N) is 3. The Balaban J connectivity index is 2.21. The standard InChI is InChI=1S/C14H10N4/c15-18-17-14-4-2-1-3-12(14)10-5-6-13-11(9-10)7-8-16-13/h1-9,16H. The first kappa shape index (κ1) is 10.4. The topological polar surface area (TPSA) is 64.6 Å². The average molecular weight is 234 g/mol. The molecule has 86 valence electrons. The molecule has 0 radical (unpaired) electrons. The first-order valence-corrected chi connectivity index (χ1v) is 5.60. The second-order valence-corrected chi connectivity index (χ2v) is 3.99. The number of fused-ring (bicyclic) bond motifs is 1. The highest BCUT2D eigenvalue weighted by Gasteiger charge is 2.04. The van der Waals surface area contributed by atoms with Crippen molar-refractivity contribution in [2.24, 2.45) is 5.11 Å². The van der Waals surface area contributed by atoms with E-state index in [1.165, 1.54) is 0 Å². The van der Waals surface area contributed by atoms with Crippen molar-refractivity contribution in [2.75, 3.05) is 0 Å². The number of hydrogen-bond acceptors (Lipinski definition) is 1. The lowest BCUT2D eigenvalue weighted by Crippen LogP contribution is -1.78. The van der Waals surface area contributed by atoms with Gasteiger partial charge < -0.3 is 4.98 Å². The van der Waals surface area contributed by atoms with Gasteiger partial charge in [0.2, 0.25) is 0 Å². The van der Waals surface area contributed by atoms with Crippen molar-refractivity contribution in [2.45, 2.75) is 0 Å². The van der Waals surface area contributed by atoms with Gasteiger partial charge in [0, 0.05) is 22.3 Å². The number of aromatic amines is 1. The van der Waals surface area contributed by atoms with Crippen LogP contribution in [-0.4, -0.2) is 4.98 Å². The fourth-order valence-electron chi connectivity index (χ4n) is 2.07. The molecule has 1 N–H and O–H groups in total. The quantitative estimate of drug-likeness (QED) is 0.377. The third-order valence-electron chi connectivity index (χ3n) is 2.92. The molecule has 1 heterocycles. The molecule has 3 aromatic rings. The minimum absolute atomic E-state index is 0.648. The van der Waals surface area contributed by atoms with Crippen LogP contribution in [0.5, 0.6) is 0 Å². The summed E-state index contributed by atoms with van der Waals surface area (Å²) >= 11 is 0. The van der Waals surface area contributed by atoms with Gasteiger partial charge in [-0.2, -0.15) is 0 Å². The Kier molecular flexibility index (Phi) is 2.48. The molecule has 0 saturated heterocycles. The van der Waals surface area contributed by atoms with Crippen molar-refractivity contribution in [1.29, 1.82) is 0 Å². The van der Waals surface area contributed by atoms with Crippen molar-refractivity contribution in [3.63, 3.8) is 0 Å². The van der Waals surface area contributed by atoms with Gasteiger partial charge in [-0.15, -0.1) is 0 Å². The number of azide groups is 1. The molecule has 3 rings (SSSR count). The van der Waals surface area contributed by atoms with E-state index in [1.54, 1.807) is 0 Å². The van der Waals surface area contributed by atoms with Gasteiger partial charge in [0.25, 0.3) is 0 Å². The highest BCUT2D eigenvalue weighted by atomic mass is 15.1. The van der Waals surface area contributed by atoms with Crippen LogP contribution in [0.3, 0.4) is 0 Å². The fraction of sp³-hybridized carbons (Fsp3) is 0. The van der Waals surface area contributed by atoms with Crippen LogP contribution < -0.4 is 0 Å². The van der Waals surface area contributed by atoms with Gasteiger partial charge in [-0.3, -0.25) is 0 Å². The van der Waals surface area contributed by atoms with Crippen LogP contribution in [-0.2, 0) is 0 Å². The van der Waals surface area contributed by atoms with Crippen LogP contribution in [0.25, 0.3) is 32.5 Å². The van der Waals surface area contributed by atoms with E-state index in [0.717, 1.165) is 22.0 Å². The van der Waals surface area contributed by atoms with E-state index in [0.29, 0.717) is 5.69 Å². The van der Waals surface area contributed by atoms with Gasteiger partial charge in [0.15, 0.2) is 0 Å². The first-order chi connectivity index (χ1) is 8.88. The van der Waals surface area contributed by atoms with Crippen LogP contribution >= 0.6 is 0 Å². The molecule has 0 atom stereocenters. The summed E-state index contributed by atoms with van der Waals surface area (Å²) in [5, 5.41) is 4.87. The molecule has 18 heavy (non-hydrogen) atoms. The summed E-state index contributed by atoms with van der Waals surface area (Å²) in [4.78, 5) is 6.02. The number of benzene rings is 2. The molecule has 0 unspecified atom stereocenters. The Labute approximate surface area is 104 Å². The zero-order chi connectivity index (χ0) is 12.4. The van der Waals surface area contributed by atoms with Crippen molar-refractivity contribution >= 4 is 16.6 Å². The zero-order valence-corrected chi connectivity index (χ0v) is 9.54. The van der Waals surface area contributed by atoms with Gasteiger partial charge in [-0.1, -0.05) is 35.4 Å².